The lowest BCUT2D eigenvalue weighted by Gasteiger charge is -2.12. The molecule has 4 rings (SSSR count). The van der Waals surface area contributed by atoms with Gasteiger partial charge in [-0.3, -0.25) is 4.79 Å². The lowest BCUT2D eigenvalue weighted by atomic mass is 9.96. The van der Waals surface area contributed by atoms with E-state index >= 15 is 0 Å². The number of amides is 1. The minimum absolute atomic E-state index is 0.0260. The minimum Gasteiger partial charge on any atom is -0.493 e. The number of carbonyl (C=O) groups is 1. The molecule has 1 heterocycles. The topological polar surface area (TPSA) is 85.9 Å². The van der Waals surface area contributed by atoms with Gasteiger partial charge in [0, 0.05) is 10.4 Å². The van der Waals surface area contributed by atoms with Gasteiger partial charge in [0.1, 0.15) is 28.5 Å². The number of carbonyl (C=O) groups excluding carboxylic acids is 1. The lowest BCUT2D eigenvalue weighted by molar-refractivity contribution is -0.112. The summed E-state index contributed by atoms with van der Waals surface area (Å²) in [5.74, 6) is 0.132. The fourth-order valence-electron chi connectivity index (χ4n) is 4.11. The fourth-order valence-corrected chi connectivity index (χ4v) is 5.35. The van der Waals surface area contributed by atoms with Crippen molar-refractivity contribution < 1.29 is 9.53 Å². The van der Waals surface area contributed by atoms with Gasteiger partial charge in [-0.15, -0.1) is 11.3 Å². The lowest BCUT2D eigenvalue weighted by Crippen LogP contribution is -2.13. The molecule has 0 fully saturated rings. The van der Waals surface area contributed by atoms with E-state index in [4.69, 9.17) is 4.74 Å². The Labute approximate surface area is 197 Å². The van der Waals surface area contributed by atoms with Crippen molar-refractivity contribution in [2.75, 3.05) is 11.9 Å². The first-order chi connectivity index (χ1) is 16.2. The molecule has 0 bridgehead atoms. The van der Waals surface area contributed by atoms with Crippen LogP contribution in [0.4, 0.5) is 5.00 Å². The van der Waals surface area contributed by atoms with Crippen molar-refractivity contribution in [3.05, 3.63) is 63.5 Å². The van der Waals surface area contributed by atoms with Gasteiger partial charge in [0.15, 0.2) is 0 Å². The number of benzene rings is 2. The summed E-state index contributed by atoms with van der Waals surface area (Å²) in [5, 5.41) is 24.8. The molecule has 1 aliphatic rings. The third-order valence-electron chi connectivity index (χ3n) is 5.85. The van der Waals surface area contributed by atoms with Crippen molar-refractivity contribution in [3.63, 3.8) is 0 Å². The summed E-state index contributed by atoms with van der Waals surface area (Å²) in [6, 6.07) is 16.0. The Kier molecular flexibility index (Phi) is 7.07. The zero-order valence-corrected chi connectivity index (χ0v) is 19.4. The van der Waals surface area contributed by atoms with E-state index in [0.29, 0.717) is 28.5 Å². The van der Waals surface area contributed by atoms with E-state index in [2.05, 4.69) is 18.3 Å². The largest absolute Gasteiger partial charge is 0.493 e. The molecule has 33 heavy (non-hydrogen) atoms. The Morgan fingerprint density at radius 1 is 1.18 bits per heavy atom. The molecular formula is C27H25N3O2S. The highest BCUT2D eigenvalue weighted by Crippen LogP contribution is 2.38. The molecular weight excluding hydrogens is 430 g/mol. The summed E-state index contributed by atoms with van der Waals surface area (Å²) in [7, 11) is 0. The predicted octanol–water partition coefficient (Wildman–Crippen LogP) is 6.38. The van der Waals surface area contributed by atoms with Crippen LogP contribution in [0.3, 0.4) is 0 Å². The second-order valence-electron chi connectivity index (χ2n) is 8.05. The Bertz CT molecular complexity index is 1310. The van der Waals surface area contributed by atoms with Crippen LogP contribution in [0.1, 0.15) is 54.2 Å². The van der Waals surface area contributed by atoms with Gasteiger partial charge in [0.05, 0.1) is 12.2 Å². The molecule has 2 aromatic carbocycles. The normalized spacial score (nSPS) is 13.1. The number of nitrogens with zero attached hydrogens (tertiary/aromatic N) is 2. The zero-order chi connectivity index (χ0) is 23.2. The summed E-state index contributed by atoms with van der Waals surface area (Å²) < 4.78 is 5.99. The first-order valence-electron chi connectivity index (χ1n) is 11.3. The number of fused-ring (bicyclic) bond motifs is 2. The maximum Gasteiger partial charge on any atom is 0.266 e. The molecule has 0 saturated carbocycles. The summed E-state index contributed by atoms with van der Waals surface area (Å²) in [5.41, 5.74) is 2.27. The molecule has 0 saturated heterocycles. The maximum absolute atomic E-state index is 13.1. The van der Waals surface area contributed by atoms with Crippen LogP contribution in [0, 0.1) is 22.7 Å². The number of nitriles is 2. The summed E-state index contributed by atoms with van der Waals surface area (Å²) in [6.45, 7) is 2.66. The van der Waals surface area contributed by atoms with Crippen molar-refractivity contribution in [1.82, 2.24) is 0 Å². The molecule has 166 valence electrons. The molecule has 1 N–H and O–H groups in total. The monoisotopic (exact) mass is 455 g/mol. The van der Waals surface area contributed by atoms with Gasteiger partial charge in [0.25, 0.3) is 5.91 Å². The standard InChI is InChI=1S/C27H25N3O2S/c1-2-3-14-32-24-13-12-18-8-4-5-9-20(18)22(24)15-19(16-28)26(31)30-27-23(17-29)21-10-6-7-11-25(21)33-27/h4-5,8-9,12-13,15H,2-3,6-7,10-11,14H2,1H3,(H,30,31)/b19-15+. The van der Waals surface area contributed by atoms with Gasteiger partial charge in [0.2, 0.25) is 0 Å². The molecule has 6 heteroatoms. The minimum atomic E-state index is -0.514. The number of aryl methyl sites for hydroxylation is 1. The predicted molar refractivity (Wildman–Crippen MR) is 132 cm³/mol. The number of anilines is 1. The Morgan fingerprint density at radius 3 is 2.79 bits per heavy atom. The Balaban J connectivity index is 1.70. The molecule has 5 nitrogen and oxygen atoms in total. The van der Waals surface area contributed by atoms with E-state index in [1.807, 2.05) is 42.5 Å². The van der Waals surface area contributed by atoms with Crippen LogP contribution >= 0.6 is 11.3 Å². The smallest absolute Gasteiger partial charge is 0.266 e. The third kappa shape index (κ3) is 4.77. The molecule has 0 atom stereocenters. The number of thiophene rings is 1. The molecule has 1 amide bonds. The maximum atomic E-state index is 13.1. The second kappa shape index (κ2) is 10.3. The summed E-state index contributed by atoms with van der Waals surface area (Å²) in [4.78, 5) is 14.3. The Morgan fingerprint density at radius 2 is 2.00 bits per heavy atom. The van der Waals surface area contributed by atoms with Gasteiger partial charge in [-0.2, -0.15) is 10.5 Å². The number of ether oxygens (including phenoxy) is 1. The van der Waals surface area contributed by atoms with E-state index in [1.165, 1.54) is 11.3 Å². The van der Waals surface area contributed by atoms with Gasteiger partial charge in [-0.05, 0) is 60.6 Å². The van der Waals surface area contributed by atoms with Gasteiger partial charge in [-0.1, -0.05) is 43.7 Å². The molecule has 0 spiro atoms. The zero-order valence-electron chi connectivity index (χ0n) is 18.6. The average Bonchev–Trinajstić information content (AvgIpc) is 3.20. The van der Waals surface area contributed by atoms with Crippen molar-refractivity contribution in [2.45, 2.75) is 45.4 Å². The van der Waals surface area contributed by atoms with Crippen LogP contribution in [0.2, 0.25) is 0 Å². The molecule has 0 radical (unpaired) electrons. The van der Waals surface area contributed by atoms with Gasteiger partial charge >= 0.3 is 0 Å². The number of rotatable bonds is 7. The van der Waals surface area contributed by atoms with E-state index < -0.39 is 5.91 Å². The van der Waals surface area contributed by atoms with Gasteiger partial charge < -0.3 is 10.1 Å². The van der Waals surface area contributed by atoms with Crippen molar-refractivity contribution >= 4 is 39.1 Å². The molecule has 1 aliphatic carbocycles. The van der Waals surface area contributed by atoms with Crippen molar-refractivity contribution in [3.8, 4) is 17.9 Å². The average molecular weight is 456 g/mol. The Hall–Kier alpha value is -3.61. The number of hydrogen-bond donors (Lipinski definition) is 1. The van der Waals surface area contributed by atoms with Crippen LogP contribution < -0.4 is 10.1 Å². The highest BCUT2D eigenvalue weighted by atomic mass is 32.1. The first kappa shape index (κ1) is 22.6. The fraction of sp³-hybridized carbons (Fsp3) is 0.296. The van der Waals surface area contributed by atoms with E-state index in [0.717, 1.165) is 59.7 Å². The van der Waals surface area contributed by atoms with E-state index in [9.17, 15) is 15.3 Å². The summed E-state index contributed by atoms with van der Waals surface area (Å²) >= 11 is 1.45. The van der Waals surface area contributed by atoms with E-state index in [1.54, 1.807) is 6.08 Å². The van der Waals surface area contributed by atoms with Crippen LogP contribution in [-0.2, 0) is 17.6 Å². The van der Waals surface area contributed by atoms with Crippen molar-refractivity contribution in [2.24, 2.45) is 0 Å². The molecule has 1 aromatic heterocycles. The van der Waals surface area contributed by atoms with Crippen LogP contribution in [0.15, 0.2) is 42.0 Å². The quantitative estimate of drug-likeness (QED) is 0.255. The second-order valence-corrected chi connectivity index (χ2v) is 9.16. The van der Waals surface area contributed by atoms with Crippen LogP contribution in [-0.4, -0.2) is 12.5 Å². The molecule has 0 unspecified atom stereocenters. The first-order valence-corrected chi connectivity index (χ1v) is 12.1. The molecule has 3 aromatic rings. The SMILES string of the molecule is CCCCOc1ccc2ccccc2c1/C=C(\C#N)C(=O)Nc1sc2c(c1C#N)CCCC2. The number of nitrogens with one attached hydrogen (secondary N) is 1. The van der Waals surface area contributed by atoms with Crippen LogP contribution in [0.25, 0.3) is 16.8 Å². The molecule has 0 aliphatic heterocycles. The highest BCUT2D eigenvalue weighted by Gasteiger charge is 2.23. The number of hydrogen-bond acceptors (Lipinski definition) is 5. The van der Waals surface area contributed by atoms with Gasteiger partial charge in [-0.25, -0.2) is 0 Å². The van der Waals surface area contributed by atoms with Crippen molar-refractivity contribution in [1.29, 1.82) is 10.5 Å². The third-order valence-corrected chi connectivity index (χ3v) is 7.06. The number of unbranched alkanes of at least 4 members (excludes halogenated alkanes) is 1. The van der Waals surface area contributed by atoms with Crippen LogP contribution in [0.5, 0.6) is 5.75 Å². The highest BCUT2D eigenvalue weighted by molar-refractivity contribution is 7.16. The summed E-state index contributed by atoms with van der Waals surface area (Å²) in [6.07, 6.45) is 7.46. The van der Waals surface area contributed by atoms with E-state index in [-0.39, 0.29) is 5.57 Å².